The summed E-state index contributed by atoms with van der Waals surface area (Å²) in [6, 6.07) is 0. The molecule has 1 saturated heterocycles. The topological polar surface area (TPSA) is 37.8 Å². The first kappa shape index (κ1) is 9.73. The summed E-state index contributed by atoms with van der Waals surface area (Å²) in [7, 11) is 0. The summed E-state index contributed by atoms with van der Waals surface area (Å²) in [4.78, 5) is 0. The lowest BCUT2D eigenvalue weighted by Crippen LogP contribution is -2.07. The fourth-order valence-electron chi connectivity index (χ4n) is 2.61. The van der Waals surface area contributed by atoms with E-state index in [9.17, 15) is 0 Å². The van der Waals surface area contributed by atoms with Gasteiger partial charge in [0.25, 0.3) is 0 Å². The second-order valence-corrected chi connectivity index (χ2v) is 5.69. The highest BCUT2D eigenvalue weighted by Gasteiger charge is 2.25. The van der Waals surface area contributed by atoms with E-state index in [2.05, 4.69) is 15.5 Å². The van der Waals surface area contributed by atoms with Crippen LogP contribution in [0.1, 0.15) is 54.0 Å². The van der Waals surface area contributed by atoms with E-state index in [1.165, 1.54) is 42.1 Å². The molecule has 1 aliphatic carbocycles. The Bertz CT molecular complexity index is 294. The maximum Gasteiger partial charge on any atom is 0.121 e. The number of aromatic nitrogens is 2. The monoisotopic (exact) mass is 223 g/mol. The van der Waals surface area contributed by atoms with Crippen molar-refractivity contribution in [1.82, 2.24) is 15.5 Å². The van der Waals surface area contributed by atoms with Crippen LogP contribution < -0.4 is 5.32 Å². The van der Waals surface area contributed by atoms with Gasteiger partial charge in [-0.15, -0.1) is 21.5 Å². The summed E-state index contributed by atoms with van der Waals surface area (Å²) >= 11 is 1.87. The smallest absolute Gasteiger partial charge is 0.121 e. The summed E-state index contributed by atoms with van der Waals surface area (Å²) in [5.41, 5.74) is 0. The minimum Gasteiger partial charge on any atom is -0.316 e. The second kappa shape index (κ2) is 4.18. The number of rotatable bonds is 2. The Hall–Kier alpha value is -0.480. The summed E-state index contributed by atoms with van der Waals surface area (Å²) in [5.74, 6) is 1.36. The maximum atomic E-state index is 4.38. The molecule has 4 heteroatoms. The third-order valence-electron chi connectivity index (χ3n) is 3.57. The van der Waals surface area contributed by atoms with E-state index in [4.69, 9.17) is 0 Å². The van der Waals surface area contributed by atoms with Crippen molar-refractivity contribution in [3.8, 4) is 0 Å². The molecule has 0 bridgehead atoms. The van der Waals surface area contributed by atoms with Gasteiger partial charge in [0.15, 0.2) is 0 Å². The Labute approximate surface area is 94.3 Å². The molecule has 0 radical (unpaired) electrons. The van der Waals surface area contributed by atoms with Gasteiger partial charge in [0.2, 0.25) is 0 Å². The molecule has 1 atom stereocenters. The minimum atomic E-state index is 0.637. The van der Waals surface area contributed by atoms with Crippen LogP contribution in [0.2, 0.25) is 0 Å². The average Bonchev–Trinajstić information content (AvgIpc) is 3.02. The molecular weight excluding hydrogens is 206 g/mol. The predicted octanol–water partition coefficient (Wildman–Crippen LogP) is 2.27. The lowest BCUT2D eigenvalue weighted by Gasteiger charge is -2.02. The zero-order chi connectivity index (χ0) is 10.1. The summed E-state index contributed by atoms with van der Waals surface area (Å²) in [6.07, 6.45) is 6.66. The van der Waals surface area contributed by atoms with Gasteiger partial charge in [0.05, 0.1) is 0 Å². The molecular formula is C11H17N3S. The van der Waals surface area contributed by atoms with Crippen molar-refractivity contribution in [3.05, 3.63) is 10.0 Å². The number of nitrogens with zero attached hydrogens (tertiary/aromatic N) is 2. The van der Waals surface area contributed by atoms with E-state index in [0.717, 1.165) is 19.0 Å². The first-order chi connectivity index (χ1) is 7.43. The van der Waals surface area contributed by atoms with Gasteiger partial charge in [-0.05, 0) is 25.8 Å². The van der Waals surface area contributed by atoms with Gasteiger partial charge in [-0.25, -0.2) is 0 Å². The Kier molecular flexibility index (Phi) is 2.71. The first-order valence-corrected chi connectivity index (χ1v) is 6.79. The van der Waals surface area contributed by atoms with Gasteiger partial charge < -0.3 is 5.32 Å². The van der Waals surface area contributed by atoms with Crippen molar-refractivity contribution >= 4 is 11.3 Å². The Morgan fingerprint density at radius 3 is 2.40 bits per heavy atom. The molecule has 1 aromatic rings. The molecule has 1 unspecified atom stereocenters. The molecule has 3 rings (SSSR count). The summed E-state index contributed by atoms with van der Waals surface area (Å²) in [5, 5.41) is 14.7. The molecule has 1 N–H and O–H groups in total. The van der Waals surface area contributed by atoms with Crippen molar-refractivity contribution in [3.63, 3.8) is 0 Å². The fraction of sp³-hybridized carbons (Fsp3) is 0.818. The van der Waals surface area contributed by atoms with Gasteiger partial charge >= 0.3 is 0 Å². The predicted molar refractivity (Wildman–Crippen MR) is 61.3 cm³/mol. The van der Waals surface area contributed by atoms with Gasteiger partial charge in [-0.2, -0.15) is 0 Å². The third-order valence-corrected chi connectivity index (χ3v) is 4.82. The first-order valence-electron chi connectivity index (χ1n) is 5.97. The average molecular weight is 223 g/mol. The standard InChI is InChI=1S/C11H17N3S/c1-2-4-8(3-1)10-13-14-11(15-10)9-5-6-12-7-9/h8-9,12H,1-7H2. The Morgan fingerprint density at radius 1 is 1.00 bits per heavy atom. The van der Waals surface area contributed by atoms with E-state index in [1.807, 2.05) is 11.3 Å². The molecule has 0 aromatic carbocycles. The fourth-order valence-corrected chi connectivity index (χ4v) is 3.76. The Morgan fingerprint density at radius 2 is 1.73 bits per heavy atom. The van der Waals surface area contributed by atoms with Crippen molar-refractivity contribution in [2.75, 3.05) is 13.1 Å². The van der Waals surface area contributed by atoms with Crippen LogP contribution in [0.3, 0.4) is 0 Å². The van der Waals surface area contributed by atoms with E-state index < -0.39 is 0 Å². The molecule has 2 fully saturated rings. The molecule has 2 heterocycles. The Balaban J connectivity index is 1.74. The van der Waals surface area contributed by atoms with Crippen molar-refractivity contribution in [1.29, 1.82) is 0 Å². The van der Waals surface area contributed by atoms with Crippen LogP contribution in [0.25, 0.3) is 0 Å². The molecule has 0 amide bonds. The van der Waals surface area contributed by atoms with Gasteiger partial charge in [-0.3, -0.25) is 0 Å². The third kappa shape index (κ3) is 1.93. The normalized spacial score (nSPS) is 27.6. The zero-order valence-electron chi connectivity index (χ0n) is 8.91. The molecule has 1 aliphatic heterocycles. The number of hydrogen-bond acceptors (Lipinski definition) is 4. The van der Waals surface area contributed by atoms with Gasteiger partial charge in [-0.1, -0.05) is 12.8 Å². The molecule has 2 aliphatic rings. The molecule has 1 aromatic heterocycles. The van der Waals surface area contributed by atoms with Crippen LogP contribution in [0, 0.1) is 0 Å². The van der Waals surface area contributed by atoms with Crippen LogP contribution in [-0.2, 0) is 0 Å². The number of nitrogens with one attached hydrogen (secondary N) is 1. The van der Waals surface area contributed by atoms with E-state index >= 15 is 0 Å². The van der Waals surface area contributed by atoms with Crippen LogP contribution in [0.15, 0.2) is 0 Å². The van der Waals surface area contributed by atoms with E-state index in [0.29, 0.717) is 5.92 Å². The van der Waals surface area contributed by atoms with Crippen LogP contribution >= 0.6 is 11.3 Å². The lowest BCUT2D eigenvalue weighted by atomic mass is 10.1. The molecule has 15 heavy (non-hydrogen) atoms. The SMILES string of the molecule is C1CCC(c2nnc(C3CCNC3)s2)C1. The molecule has 0 spiro atoms. The summed E-state index contributed by atoms with van der Waals surface area (Å²) < 4.78 is 0. The van der Waals surface area contributed by atoms with E-state index in [1.54, 1.807) is 0 Å². The highest BCUT2D eigenvalue weighted by Crippen LogP contribution is 2.37. The second-order valence-electron chi connectivity index (χ2n) is 4.65. The lowest BCUT2D eigenvalue weighted by molar-refractivity contribution is 0.695. The number of hydrogen-bond donors (Lipinski definition) is 1. The largest absolute Gasteiger partial charge is 0.316 e. The van der Waals surface area contributed by atoms with E-state index in [-0.39, 0.29) is 0 Å². The van der Waals surface area contributed by atoms with Gasteiger partial charge in [0, 0.05) is 18.4 Å². The molecule has 82 valence electrons. The zero-order valence-corrected chi connectivity index (χ0v) is 9.72. The van der Waals surface area contributed by atoms with Crippen LogP contribution in [0.4, 0.5) is 0 Å². The highest BCUT2D eigenvalue weighted by atomic mass is 32.1. The van der Waals surface area contributed by atoms with Gasteiger partial charge in [0.1, 0.15) is 10.0 Å². The van der Waals surface area contributed by atoms with Crippen molar-refractivity contribution in [2.45, 2.75) is 43.9 Å². The van der Waals surface area contributed by atoms with Crippen molar-refractivity contribution < 1.29 is 0 Å². The maximum absolute atomic E-state index is 4.38. The highest BCUT2D eigenvalue weighted by molar-refractivity contribution is 7.11. The molecule has 3 nitrogen and oxygen atoms in total. The summed E-state index contributed by atoms with van der Waals surface area (Å²) in [6.45, 7) is 2.24. The van der Waals surface area contributed by atoms with Crippen molar-refractivity contribution in [2.24, 2.45) is 0 Å². The molecule has 1 saturated carbocycles. The van der Waals surface area contributed by atoms with Crippen LogP contribution in [-0.4, -0.2) is 23.3 Å². The minimum absolute atomic E-state index is 0.637. The quantitative estimate of drug-likeness (QED) is 0.836. The van der Waals surface area contributed by atoms with Crippen LogP contribution in [0.5, 0.6) is 0 Å².